The maximum absolute atomic E-state index is 10.2. The van der Waals surface area contributed by atoms with Gasteiger partial charge in [-0.1, -0.05) is 0 Å². The third-order valence-corrected chi connectivity index (χ3v) is 0.625. The molecule has 0 aromatic carbocycles. The lowest BCUT2D eigenvalue weighted by molar-refractivity contribution is -0.172. The first-order chi connectivity index (χ1) is 4.04. The van der Waals surface area contributed by atoms with E-state index in [1.165, 1.54) is 0 Å². The monoisotopic (exact) mass is 132 g/mol. The molecule has 4 heteroatoms. The van der Waals surface area contributed by atoms with Gasteiger partial charge in [-0.25, -0.2) is 0 Å². The van der Waals surface area contributed by atoms with Crippen LogP contribution in [-0.2, 0) is 14.3 Å². The summed E-state index contributed by atoms with van der Waals surface area (Å²) in [5, 5.41) is 8.50. The van der Waals surface area contributed by atoms with E-state index < -0.39 is 18.0 Å². The minimum Gasteiger partial charge on any atom is -0.428 e. The summed E-state index contributed by atoms with van der Waals surface area (Å²) in [7, 11) is 0. The molecule has 0 spiro atoms. The molecule has 1 atom stereocenters. The number of carbonyl (C=O) groups excluding carboxylic acids is 2. The molecule has 0 heterocycles. The third kappa shape index (κ3) is 3.66. The predicted octanol–water partition coefficient (Wildman–Crippen LogP) is -0.543. The van der Waals surface area contributed by atoms with Gasteiger partial charge in [-0.2, -0.15) is 0 Å². The molecule has 0 aliphatic heterocycles. The summed E-state index contributed by atoms with van der Waals surface area (Å²) >= 11 is 0. The second-order valence-electron chi connectivity index (χ2n) is 1.57. The largest absolute Gasteiger partial charge is 0.428 e. The average molecular weight is 132 g/mol. The van der Waals surface area contributed by atoms with Gasteiger partial charge in [0.2, 0.25) is 0 Å². The molecule has 52 valence electrons. The summed E-state index contributed by atoms with van der Waals surface area (Å²) in [6.45, 7) is 2.25. The smallest absolute Gasteiger partial charge is 0.305 e. The zero-order chi connectivity index (χ0) is 7.44. The van der Waals surface area contributed by atoms with E-state index in [9.17, 15) is 9.59 Å². The summed E-state index contributed by atoms with van der Waals surface area (Å²) in [6, 6.07) is 0. The van der Waals surface area contributed by atoms with Crippen LogP contribution < -0.4 is 0 Å². The highest BCUT2D eigenvalue weighted by molar-refractivity contribution is 5.81. The molecule has 0 aromatic heterocycles. The standard InChI is InChI=1S/C5H8O4/c1-3(6)5(8)9-4(2)7/h5,8H,1-2H3. The first kappa shape index (κ1) is 8.10. The quantitative estimate of drug-likeness (QED) is 0.404. The molecule has 9 heavy (non-hydrogen) atoms. The van der Waals surface area contributed by atoms with Crippen LogP contribution >= 0.6 is 0 Å². The highest BCUT2D eigenvalue weighted by atomic mass is 16.6. The zero-order valence-corrected chi connectivity index (χ0v) is 5.25. The van der Waals surface area contributed by atoms with Crippen molar-refractivity contribution < 1.29 is 19.4 Å². The van der Waals surface area contributed by atoms with Crippen LogP contribution in [0.15, 0.2) is 0 Å². The number of hydrogen-bond donors (Lipinski definition) is 1. The lowest BCUT2D eigenvalue weighted by Gasteiger charge is -2.04. The van der Waals surface area contributed by atoms with E-state index in [4.69, 9.17) is 5.11 Å². The lowest BCUT2D eigenvalue weighted by atomic mass is 10.4. The summed E-state index contributed by atoms with van der Waals surface area (Å²) in [5.41, 5.74) is 0. The van der Waals surface area contributed by atoms with Gasteiger partial charge in [0.15, 0.2) is 5.78 Å². The Balaban J connectivity index is 3.63. The van der Waals surface area contributed by atoms with E-state index >= 15 is 0 Å². The fourth-order valence-electron chi connectivity index (χ4n) is 0.240. The van der Waals surface area contributed by atoms with Crippen molar-refractivity contribution in [1.82, 2.24) is 0 Å². The summed E-state index contributed by atoms with van der Waals surface area (Å²) < 4.78 is 4.08. The van der Waals surface area contributed by atoms with Gasteiger partial charge in [-0.05, 0) is 0 Å². The maximum atomic E-state index is 10.2. The Morgan fingerprint density at radius 3 is 2.00 bits per heavy atom. The molecule has 1 N–H and O–H groups in total. The number of carbonyl (C=O) groups is 2. The number of hydrogen-bond acceptors (Lipinski definition) is 4. The molecule has 0 saturated heterocycles. The van der Waals surface area contributed by atoms with Crippen molar-refractivity contribution in [2.45, 2.75) is 20.1 Å². The van der Waals surface area contributed by atoms with Crippen LogP contribution in [0.2, 0.25) is 0 Å². The zero-order valence-electron chi connectivity index (χ0n) is 5.25. The van der Waals surface area contributed by atoms with Crippen molar-refractivity contribution in [3.05, 3.63) is 0 Å². The number of Topliss-reactive ketones (excluding diaryl/α,β-unsaturated/α-hetero) is 1. The third-order valence-electron chi connectivity index (χ3n) is 0.625. The highest BCUT2D eigenvalue weighted by Gasteiger charge is 2.11. The van der Waals surface area contributed by atoms with E-state index in [1.807, 2.05) is 0 Å². The summed E-state index contributed by atoms with van der Waals surface area (Å²) in [5.74, 6) is -1.25. The van der Waals surface area contributed by atoms with Gasteiger partial charge >= 0.3 is 5.97 Å². The van der Waals surface area contributed by atoms with Crippen LogP contribution in [0.3, 0.4) is 0 Å². The fraction of sp³-hybridized carbons (Fsp3) is 0.600. The fourth-order valence-corrected chi connectivity index (χ4v) is 0.240. The van der Waals surface area contributed by atoms with Crippen molar-refractivity contribution >= 4 is 11.8 Å². The molecule has 1 unspecified atom stereocenters. The summed E-state index contributed by atoms with van der Waals surface area (Å²) in [6.07, 6.45) is -1.59. The Hall–Kier alpha value is -0.900. The second-order valence-corrected chi connectivity index (χ2v) is 1.57. The number of rotatable bonds is 2. The molecule has 0 radical (unpaired) electrons. The van der Waals surface area contributed by atoms with E-state index in [1.54, 1.807) is 0 Å². The van der Waals surface area contributed by atoms with Crippen LogP contribution in [0.1, 0.15) is 13.8 Å². The number of ketones is 1. The molecule has 0 rings (SSSR count). The van der Waals surface area contributed by atoms with Gasteiger partial charge in [0.05, 0.1) is 0 Å². The van der Waals surface area contributed by atoms with Crippen LogP contribution in [0.4, 0.5) is 0 Å². The molecule has 0 aliphatic carbocycles. The topological polar surface area (TPSA) is 63.6 Å². The average Bonchev–Trinajstić information content (AvgIpc) is 1.63. The molecular weight excluding hydrogens is 124 g/mol. The van der Waals surface area contributed by atoms with Crippen molar-refractivity contribution in [3.8, 4) is 0 Å². The first-order valence-electron chi connectivity index (χ1n) is 2.39. The maximum Gasteiger partial charge on any atom is 0.305 e. The molecule has 0 fully saturated rings. The first-order valence-corrected chi connectivity index (χ1v) is 2.39. The molecular formula is C5H8O4. The molecule has 0 aliphatic rings. The number of aliphatic hydroxyl groups excluding tert-OH is 1. The van der Waals surface area contributed by atoms with E-state index in [-0.39, 0.29) is 0 Å². The van der Waals surface area contributed by atoms with E-state index in [0.717, 1.165) is 13.8 Å². The Kier molecular flexibility index (Phi) is 2.87. The Morgan fingerprint density at radius 2 is 1.89 bits per heavy atom. The number of esters is 1. The predicted molar refractivity (Wildman–Crippen MR) is 28.5 cm³/mol. The van der Waals surface area contributed by atoms with Crippen LogP contribution in [-0.4, -0.2) is 23.1 Å². The highest BCUT2D eigenvalue weighted by Crippen LogP contribution is 1.87. The molecule has 0 bridgehead atoms. The van der Waals surface area contributed by atoms with Crippen LogP contribution in [0, 0.1) is 0 Å². The minimum absolute atomic E-state index is 0.579. The van der Waals surface area contributed by atoms with E-state index in [2.05, 4.69) is 4.74 Å². The van der Waals surface area contributed by atoms with Crippen molar-refractivity contribution in [2.75, 3.05) is 0 Å². The Bertz CT molecular complexity index is 129. The van der Waals surface area contributed by atoms with Crippen molar-refractivity contribution in [1.29, 1.82) is 0 Å². The van der Waals surface area contributed by atoms with Gasteiger partial charge in [-0.3, -0.25) is 9.59 Å². The van der Waals surface area contributed by atoms with Gasteiger partial charge in [-0.15, -0.1) is 0 Å². The number of aliphatic hydroxyl groups is 1. The van der Waals surface area contributed by atoms with Crippen molar-refractivity contribution in [3.63, 3.8) is 0 Å². The molecule has 4 nitrogen and oxygen atoms in total. The summed E-state index contributed by atoms with van der Waals surface area (Å²) in [4.78, 5) is 20.2. The van der Waals surface area contributed by atoms with Gasteiger partial charge in [0.1, 0.15) is 0 Å². The minimum atomic E-state index is -1.59. The number of ether oxygens (including phenoxy) is 1. The van der Waals surface area contributed by atoms with Crippen LogP contribution in [0.5, 0.6) is 0 Å². The van der Waals surface area contributed by atoms with Gasteiger partial charge in [0.25, 0.3) is 6.29 Å². The Morgan fingerprint density at radius 1 is 1.44 bits per heavy atom. The van der Waals surface area contributed by atoms with Gasteiger partial charge < -0.3 is 9.84 Å². The van der Waals surface area contributed by atoms with E-state index in [0.29, 0.717) is 0 Å². The van der Waals surface area contributed by atoms with Crippen molar-refractivity contribution in [2.24, 2.45) is 0 Å². The SMILES string of the molecule is CC(=O)OC(O)C(C)=O. The molecule has 0 amide bonds. The second kappa shape index (κ2) is 3.19. The lowest BCUT2D eigenvalue weighted by Crippen LogP contribution is -2.22. The molecule has 0 saturated carbocycles. The molecule has 0 aromatic rings. The van der Waals surface area contributed by atoms with Crippen LogP contribution in [0.25, 0.3) is 0 Å². The van der Waals surface area contributed by atoms with Gasteiger partial charge in [0, 0.05) is 13.8 Å². The Labute approximate surface area is 52.4 Å². The normalized spacial score (nSPS) is 12.3.